The zero-order chi connectivity index (χ0) is 17.9. The molecule has 24 heavy (non-hydrogen) atoms. The number of phenolic OH excluding ortho intramolecular Hbond substituents is 1. The van der Waals surface area contributed by atoms with E-state index in [1.54, 1.807) is 0 Å². The van der Waals surface area contributed by atoms with E-state index in [2.05, 4.69) is 63.9 Å². The van der Waals surface area contributed by atoms with Gasteiger partial charge >= 0.3 is 0 Å². The molecule has 0 amide bonds. The molecular formula is C21H28NOP. The number of aliphatic imine (C=N–C) groups is 1. The lowest BCUT2D eigenvalue weighted by atomic mass is 9.95. The number of hydrogen-bond acceptors (Lipinski definition) is 2. The van der Waals surface area contributed by atoms with Gasteiger partial charge in [-0.05, 0) is 44.1 Å². The molecule has 2 aromatic carbocycles. The third kappa shape index (κ3) is 3.70. The average molecular weight is 341 g/mol. The van der Waals surface area contributed by atoms with E-state index in [1.165, 1.54) is 22.0 Å². The highest BCUT2D eigenvalue weighted by Crippen LogP contribution is 2.48. The summed E-state index contributed by atoms with van der Waals surface area (Å²) < 4.78 is 0. The molecule has 128 valence electrons. The summed E-state index contributed by atoms with van der Waals surface area (Å²) in [5.41, 5.74) is 5.81. The molecule has 0 bridgehead atoms. The smallest absolute Gasteiger partial charge is 0.119 e. The van der Waals surface area contributed by atoms with Crippen molar-refractivity contribution in [1.82, 2.24) is 0 Å². The normalized spacial score (nSPS) is 15.0. The van der Waals surface area contributed by atoms with Crippen LogP contribution in [0.2, 0.25) is 0 Å². The molecule has 2 unspecified atom stereocenters. The van der Waals surface area contributed by atoms with Crippen LogP contribution in [0.4, 0.5) is 0 Å². The standard InChI is InChI=1S/C21H28NOP/c1-7-21(5,18-13-14(2)11-12-19(18)23)24-20-15(3)9-8-10-17(20)16(4)22-6/h8-13,23-24H,7H2,1-6H3/b22-16+. The van der Waals surface area contributed by atoms with Gasteiger partial charge in [-0.2, -0.15) is 0 Å². The second-order valence-corrected chi connectivity index (χ2v) is 8.49. The third-order valence-electron chi connectivity index (χ3n) is 4.85. The molecule has 0 aliphatic heterocycles. The fourth-order valence-electron chi connectivity index (χ4n) is 2.97. The van der Waals surface area contributed by atoms with E-state index in [0.29, 0.717) is 14.3 Å². The predicted molar refractivity (Wildman–Crippen MR) is 108 cm³/mol. The second kappa shape index (κ2) is 7.49. The quantitative estimate of drug-likeness (QED) is 0.597. The number of phenols is 1. The van der Waals surface area contributed by atoms with Gasteiger partial charge in [0.2, 0.25) is 0 Å². The Labute approximate surface area is 147 Å². The Bertz CT molecular complexity index is 766. The van der Waals surface area contributed by atoms with E-state index in [4.69, 9.17) is 0 Å². The lowest BCUT2D eigenvalue weighted by molar-refractivity contribution is 0.456. The van der Waals surface area contributed by atoms with Gasteiger partial charge in [-0.1, -0.05) is 58.3 Å². The summed E-state index contributed by atoms with van der Waals surface area (Å²) in [4.78, 5) is 4.39. The van der Waals surface area contributed by atoms with Crippen LogP contribution in [0, 0.1) is 13.8 Å². The maximum Gasteiger partial charge on any atom is 0.119 e. The van der Waals surface area contributed by atoms with Gasteiger partial charge < -0.3 is 5.11 Å². The number of rotatable bonds is 5. The van der Waals surface area contributed by atoms with Gasteiger partial charge in [0.1, 0.15) is 5.75 Å². The lowest BCUT2D eigenvalue weighted by Gasteiger charge is -2.32. The van der Waals surface area contributed by atoms with E-state index in [-0.39, 0.29) is 5.16 Å². The van der Waals surface area contributed by atoms with Crippen molar-refractivity contribution >= 4 is 19.6 Å². The maximum absolute atomic E-state index is 10.5. The van der Waals surface area contributed by atoms with Crippen LogP contribution in [0.25, 0.3) is 0 Å². The van der Waals surface area contributed by atoms with Crippen molar-refractivity contribution in [2.45, 2.75) is 46.2 Å². The van der Waals surface area contributed by atoms with Gasteiger partial charge in [0, 0.05) is 29.0 Å². The molecule has 0 heterocycles. The van der Waals surface area contributed by atoms with Crippen molar-refractivity contribution in [2.24, 2.45) is 4.99 Å². The van der Waals surface area contributed by atoms with Crippen molar-refractivity contribution < 1.29 is 5.11 Å². The van der Waals surface area contributed by atoms with Crippen LogP contribution in [0.15, 0.2) is 41.4 Å². The van der Waals surface area contributed by atoms with Crippen LogP contribution >= 0.6 is 8.58 Å². The van der Waals surface area contributed by atoms with Gasteiger partial charge in [-0.15, -0.1) is 0 Å². The van der Waals surface area contributed by atoms with E-state index >= 15 is 0 Å². The van der Waals surface area contributed by atoms with E-state index in [1.807, 2.05) is 19.2 Å². The fourth-order valence-corrected chi connectivity index (χ4v) is 4.71. The number of benzene rings is 2. The Morgan fingerprint density at radius 3 is 2.54 bits per heavy atom. The number of aromatic hydroxyl groups is 1. The Hall–Kier alpha value is -1.66. The molecule has 0 saturated heterocycles. The van der Waals surface area contributed by atoms with Crippen LogP contribution in [0.3, 0.4) is 0 Å². The minimum atomic E-state index is -0.0923. The van der Waals surface area contributed by atoms with E-state index < -0.39 is 0 Å². The Morgan fingerprint density at radius 2 is 1.92 bits per heavy atom. The molecule has 0 radical (unpaired) electrons. The first-order valence-corrected chi connectivity index (χ1v) is 9.44. The number of hydrogen-bond donors (Lipinski definition) is 1. The highest BCUT2D eigenvalue weighted by molar-refractivity contribution is 7.49. The van der Waals surface area contributed by atoms with Crippen molar-refractivity contribution in [3.05, 3.63) is 58.7 Å². The molecular weight excluding hydrogens is 313 g/mol. The predicted octanol–water partition coefficient (Wildman–Crippen LogP) is 5.08. The molecule has 0 spiro atoms. The minimum absolute atomic E-state index is 0.0923. The zero-order valence-corrected chi connectivity index (χ0v) is 16.6. The summed E-state index contributed by atoms with van der Waals surface area (Å²) in [6.45, 7) is 10.8. The average Bonchev–Trinajstić information content (AvgIpc) is 2.58. The molecule has 2 rings (SSSR count). The summed E-state index contributed by atoms with van der Waals surface area (Å²) in [5.74, 6) is 0.397. The SMILES string of the molecule is CCC(C)(Pc1c(C)cccc1/C(C)=N/C)c1cc(C)ccc1O. The first kappa shape index (κ1) is 18.7. The van der Waals surface area contributed by atoms with Gasteiger partial charge in [0.25, 0.3) is 0 Å². The molecule has 2 atom stereocenters. The van der Waals surface area contributed by atoms with Crippen molar-refractivity contribution in [2.75, 3.05) is 7.05 Å². The van der Waals surface area contributed by atoms with Crippen LogP contribution in [0.1, 0.15) is 49.4 Å². The Balaban J connectivity index is 2.57. The molecule has 0 aliphatic carbocycles. The number of nitrogens with zero attached hydrogens (tertiary/aromatic N) is 1. The highest BCUT2D eigenvalue weighted by Gasteiger charge is 2.29. The topological polar surface area (TPSA) is 32.6 Å². The molecule has 1 N–H and O–H groups in total. The molecule has 0 aromatic heterocycles. The first-order valence-electron chi connectivity index (χ1n) is 8.44. The molecule has 2 aromatic rings. The van der Waals surface area contributed by atoms with E-state index in [0.717, 1.165) is 17.7 Å². The first-order chi connectivity index (χ1) is 11.3. The lowest BCUT2D eigenvalue weighted by Crippen LogP contribution is -2.23. The van der Waals surface area contributed by atoms with Crippen LogP contribution < -0.4 is 5.30 Å². The van der Waals surface area contributed by atoms with Crippen LogP contribution in [-0.2, 0) is 5.16 Å². The second-order valence-electron chi connectivity index (χ2n) is 6.64. The minimum Gasteiger partial charge on any atom is -0.508 e. The molecule has 3 heteroatoms. The van der Waals surface area contributed by atoms with E-state index in [9.17, 15) is 5.11 Å². The van der Waals surface area contributed by atoms with Gasteiger partial charge in [0.15, 0.2) is 0 Å². The number of aryl methyl sites for hydroxylation is 2. The summed E-state index contributed by atoms with van der Waals surface area (Å²) >= 11 is 0. The summed E-state index contributed by atoms with van der Waals surface area (Å²) in [5, 5.41) is 11.7. The van der Waals surface area contributed by atoms with Crippen LogP contribution in [0.5, 0.6) is 5.75 Å². The van der Waals surface area contributed by atoms with Crippen molar-refractivity contribution in [1.29, 1.82) is 0 Å². The Kier molecular flexibility index (Phi) is 5.83. The van der Waals surface area contributed by atoms with Gasteiger partial charge in [-0.3, -0.25) is 4.99 Å². The van der Waals surface area contributed by atoms with Gasteiger partial charge in [0.05, 0.1) is 0 Å². The summed E-state index contributed by atoms with van der Waals surface area (Å²) in [6.07, 6.45) is 0.971. The molecule has 2 nitrogen and oxygen atoms in total. The molecule has 0 fully saturated rings. The molecule has 0 saturated carbocycles. The Morgan fingerprint density at radius 1 is 1.21 bits per heavy atom. The molecule has 0 aliphatic rings. The van der Waals surface area contributed by atoms with Crippen molar-refractivity contribution in [3.63, 3.8) is 0 Å². The zero-order valence-electron chi connectivity index (χ0n) is 15.6. The van der Waals surface area contributed by atoms with Crippen LogP contribution in [-0.4, -0.2) is 17.9 Å². The maximum atomic E-state index is 10.5. The summed E-state index contributed by atoms with van der Waals surface area (Å²) in [6, 6.07) is 12.3. The van der Waals surface area contributed by atoms with Gasteiger partial charge in [-0.25, -0.2) is 0 Å². The monoisotopic (exact) mass is 341 g/mol. The van der Waals surface area contributed by atoms with Crippen molar-refractivity contribution in [3.8, 4) is 5.75 Å². The fraction of sp³-hybridized carbons (Fsp3) is 0.381. The largest absolute Gasteiger partial charge is 0.508 e. The highest BCUT2D eigenvalue weighted by atomic mass is 31.1. The third-order valence-corrected chi connectivity index (χ3v) is 6.94. The summed E-state index contributed by atoms with van der Waals surface area (Å²) in [7, 11) is 2.41.